The highest BCUT2D eigenvalue weighted by Crippen LogP contribution is 2.45. The number of hydrogen-bond acceptors (Lipinski definition) is 4. The van der Waals surface area contributed by atoms with Crippen molar-refractivity contribution in [2.75, 3.05) is 26.4 Å². The Hall–Kier alpha value is -5.04. The van der Waals surface area contributed by atoms with Crippen LogP contribution in [-0.4, -0.2) is 46.9 Å². The van der Waals surface area contributed by atoms with Crippen molar-refractivity contribution in [3.63, 3.8) is 0 Å². The lowest BCUT2D eigenvalue weighted by Crippen LogP contribution is -2.31. The van der Waals surface area contributed by atoms with Gasteiger partial charge in [0.1, 0.15) is 26.4 Å². The first kappa shape index (κ1) is 29.0. The maximum Gasteiger partial charge on any atom is 0.104 e. The Kier molecular flexibility index (Phi) is 10.2. The van der Waals surface area contributed by atoms with Crippen molar-refractivity contribution in [1.29, 1.82) is 0 Å². The van der Waals surface area contributed by atoms with Crippen LogP contribution in [0.4, 0.5) is 0 Å². The summed E-state index contributed by atoms with van der Waals surface area (Å²) in [6, 6.07) is 31.9. The van der Waals surface area contributed by atoms with Gasteiger partial charge in [-0.3, -0.25) is 0 Å². The van der Waals surface area contributed by atoms with Crippen LogP contribution >= 0.6 is 0 Å². The molecule has 4 rings (SSSR count). The van der Waals surface area contributed by atoms with E-state index in [1.165, 1.54) is 0 Å². The lowest BCUT2D eigenvalue weighted by atomic mass is 9.65. The van der Waals surface area contributed by atoms with E-state index in [1.54, 1.807) is 0 Å². The summed E-state index contributed by atoms with van der Waals surface area (Å²) in [6.45, 7) is -0.856. The number of aliphatic hydroxyl groups is 4. The van der Waals surface area contributed by atoms with E-state index in [-0.39, 0.29) is 26.4 Å². The van der Waals surface area contributed by atoms with Crippen LogP contribution in [0.3, 0.4) is 0 Å². The third-order valence-electron chi connectivity index (χ3n) is 6.52. The summed E-state index contributed by atoms with van der Waals surface area (Å²) in [4.78, 5) is 0. The van der Waals surface area contributed by atoms with E-state index in [2.05, 4.69) is 47.4 Å². The molecule has 0 unspecified atom stereocenters. The fraction of sp³-hybridized carbons (Fsp3) is 0.135. The zero-order valence-corrected chi connectivity index (χ0v) is 22.4. The van der Waals surface area contributed by atoms with E-state index in [0.29, 0.717) is 0 Å². The van der Waals surface area contributed by atoms with Crippen LogP contribution in [0, 0.1) is 47.4 Å². The second-order valence-corrected chi connectivity index (χ2v) is 8.90. The minimum atomic E-state index is -0.766. The molecule has 4 N–H and O–H groups in total. The first-order chi connectivity index (χ1) is 20.1. The van der Waals surface area contributed by atoms with Gasteiger partial charge in [0.05, 0.1) is 5.41 Å². The first-order valence-electron chi connectivity index (χ1n) is 13.0. The van der Waals surface area contributed by atoms with Crippen molar-refractivity contribution in [1.82, 2.24) is 0 Å². The maximum atomic E-state index is 9.14. The van der Waals surface area contributed by atoms with Crippen molar-refractivity contribution in [3.05, 3.63) is 142 Å². The Morgan fingerprint density at radius 2 is 0.537 bits per heavy atom. The van der Waals surface area contributed by atoms with Gasteiger partial charge in [-0.1, -0.05) is 95.9 Å². The lowest BCUT2D eigenvalue weighted by Gasteiger charge is -2.37. The van der Waals surface area contributed by atoms with Crippen LogP contribution < -0.4 is 0 Å². The third kappa shape index (κ3) is 6.76. The summed E-state index contributed by atoms with van der Waals surface area (Å²) >= 11 is 0. The van der Waals surface area contributed by atoms with Crippen molar-refractivity contribution in [2.45, 2.75) is 5.41 Å². The molecule has 4 aromatic rings. The van der Waals surface area contributed by atoms with Gasteiger partial charge in [0.2, 0.25) is 0 Å². The molecule has 4 aromatic carbocycles. The van der Waals surface area contributed by atoms with E-state index in [9.17, 15) is 0 Å². The number of aliphatic hydroxyl groups excluding tert-OH is 4. The Bertz CT molecular complexity index is 1440. The average molecular weight is 537 g/mol. The highest BCUT2D eigenvalue weighted by Gasteiger charge is 2.38. The van der Waals surface area contributed by atoms with Crippen LogP contribution in [0.5, 0.6) is 0 Å². The molecule has 4 nitrogen and oxygen atoms in total. The molecule has 0 bridgehead atoms. The summed E-state index contributed by atoms with van der Waals surface area (Å²) in [5, 5.41) is 36.6. The first-order valence-corrected chi connectivity index (χ1v) is 13.0. The lowest BCUT2D eigenvalue weighted by molar-refractivity contribution is 0.350. The van der Waals surface area contributed by atoms with E-state index in [0.717, 1.165) is 44.5 Å². The molecule has 0 saturated carbocycles. The molecule has 0 saturated heterocycles. The van der Waals surface area contributed by atoms with Crippen molar-refractivity contribution < 1.29 is 20.4 Å². The summed E-state index contributed by atoms with van der Waals surface area (Å²) in [6.07, 6.45) is 0. The molecular formula is C37H28O4. The molecule has 0 aliphatic rings. The third-order valence-corrected chi connectivity index (χ3v) is 6.52. The van der Waals surface area contributed by atoms with Crippen molar-refractivity contribution in [2.24, 2.45) is 0 Å². The largest absolute Gasteiger partial charge is 0.384 e. The van der Waals surface area contributed by atoms with E-state index >= 15 is 0 Å². The average Bonchev–Trinajstić information content (AvgIpc) is 3.03. The van der Waals surface area contributed by atoms with E-state index < -0.39 is 5.41 Å². The standard InChI is InChI=1S/C37H28O4/c38-25-1-5-29-9-17-33(18-10-29)37(34-19-11-30(12-20-34)6-2-26-39,35-21-13-31(14-22-35)7-3-27-40)36-23-15-32(16-24-36)8-4-28-41/h9-24,38-41H,25-28H2. The normalized spacial score (nSPS) is 10.0. The van der Waals surface area contributed by atoms with Crippen LogP contribution in [0.15, 0.2) is 97.1 Å². The second kappa shape index (κ2) is 14.4. The summed E-state index contributed by atoms with van der Waals surface area (Å²) < 4.78 is 0. The fourth-order valence-electron chi connectivity index (χ4n) is 4.78. The highest BCUT2D eigenvalue weighted by molar-refractivity contribution is 5.62. The topological polar surface area (TPSA) is 80.9 Å². The molecule has 0 aliphatic carbocycles. The maximum absolute atomic E-state index is 9.14. The number of rotatable bonds is 4. The van der Waals surface area contributed by atoms with E-state index in [4.69, 9.17) is 20.4 Å². The minimum absolute atomic E-state index is 0.214. The Balaban J connectivity index is 2.02. The molecule has 0 aromatic heterocycles. The Morgan fingerprint density at radius 1 is 0.341 bits per heavy atom. The van der Waals surface area contributed by atoms with Crippen LogP contribution in [0.1, 0.15) is 44.5 Å². The van der Waals surface area contributed by atoms with Crippen LogP contribution in [0.2, 0.25) is 0 Å². The van der Waals surface area contributed by atoms with Crippen molar-refractivity contribution >= 4 is 0 Å². The molecule has 4 heteroatoms. The van der Waals surface area contributed by atoms with Crippen LogP contribution in [-0.2, 0) is 5.41 Å². The van der Waals surface area contributed by atoms with Gasteiger partial charge in [-0.15, -0.1) is 0 Å². The highest BCUT2D eigenvalue weighted by atomic mass is 16.3. The van der Waals surface area contributed by atoms with Gasteiger partial charge in [-0.2, -0.15) is 0 Å². The van der Waals surface area contributed by atoms with Gasteiger partial charge < -0.3 is 20.4 Å². The zero-order chi connectivity index (χ0) is 28.9. The molecule has 0 spiro atoms. The minimum Gasteiger partial charge on any atom is -0.384 e. The number of hydrogen-bond donors (Lipinski definition) is 4. The van der Waals surface area contributed by atoms with Gasteiger partial charge in [0, 0.05) is 22.3 Å². The zero-order valence-electron chi connectivity index (χ0n) is 22.4. The summed E-state index contributed by atoms with van der Waals surface area (Å²) in [7, 11) is 0. The molecule has 0 amide bonds. The predicted octanol–water partition coefficient (Wildman–Crippen LogP) is 3.44. The monoisotopic (exact) mass is 536 g/mol. The predicted molar refractivity (Wildman–Crippen MR) is 161 cm³/mol. The smallest absolute Gasteiger partial charge is 0.104 e. The second-order valence-electron chi connectivity index (χ2n) is 8.90. The molecule has 0 fully saturated rings. The van der Waals surface area contributed by atoms with Gasteiger partial charge in [-0.05, 0) is 70.8 Å². The van der Waals surface area contributed by atoms with Gasteiger partial charge >= 0.3 is 0 Å². The molecule has 200 valence electrons. The molecule has 0 radical (unpaired) electrons. The molecular weight excluding hydrogens is 508 g/mol. The van der Waals surface area contributed by atoms with Gasteiger partial charge in [-0.25, -0.2) is 0 Å². The molecule has 41 heavy (non-hydrogen) atoms. The number of benzene rings is 4. The van der Waals surface area contributed by atoms with Gasteiger partial charge in [0.25, 0.3) is 0 Å². The summed E-state index contributed by atoms with van der Waals surface area (Å²) in [5.74, 6) is 22.7. The molecule has 0 heterocycles. The molecule has 0 atom stereocenters. The quantitative estimate of drug-likeness (QED) is 0.238. The Labute approximate surface area is 241 Å². The van der Waals surface area contributed by atoms with E-state index in [1.807, 2.05) is 97.1 Å². The Morgan fingerprint density at radius 3 is 0.707 bits per heavy atom. The molecule has 0 aliphatic heterocycles. The van der Waals surface area contributed by atoms with Gasteiger partial charge in [0.15, 0.2) is 0 Å². The van der Waals surface area contributed by atoms with Crippen LogP contribution in [0.25, 0.3) is 0 Å². The van der Waals surface area contributed by atoms with Crippen molar-refractivity contribution in [3.8, 4) is 47.4 Å². The summed E-state index contributed by atoms with van der Waals surface area (Å²) in [5.41, 5.74) is 6.35. The SMILES string of the molecule is OCC#Cc1ccc(C(c2ccc(C#CCO)cc2)(c2ccc(C#CCO)cc2)c2ccc(C#CCO)cc2)cc1. The fourth-order valence-corrected chi connectivity index (χ4v) is 4.78.